The number of nitrogens with zero attached hydrogens (tertiary/aromatic N) is 2. The van der Waals surface area contributed by atoms with Crippen LogP contribution in [0, 0.1) is 0 Å². The van der Waals surface area contributed by atoms with Crippen molar-refractivity contribution in [1.82, 2.24) is 15.1 Å². The van der Waals surface area contributed by atoms with Crippen LogP contribution in [0.5, 0.6) is 0 Å². The second-order valence-corrected chi connectivity index (χ2v) is 19.8. The molecule has 2 heterocycles. The van der Waals surface area contributed by atoms with Gasteiger partial charge in [-0.15, -0.1) is 11.3 Å². The van der Waals surface area contributed by atoms with Crippen molar-refractivity contribution in [3.8, 4) is 0 Å². The van der Waals surface area contributed by atoms with E-state index in [2.05, 4.69) is 43.6 Å². The molecule has 0 radical (unpaired) electrons. The van der Waals surface area contributed by atoms with Crippen molar-refractivity contribution in [1.29, 1.82) is 0 Å². The minimum atomic E-state index is -0.183. The Hall–Kier alpha value is -2.72. The van der Waals surface area contributed by atoms with E-state index in [9.17, 15) is 19.2 Å². The second-order valence-electron chi connectivity index (χ2n) is 18.6. The number of fused-ring (bicyclic) bond motifs is 1. The second kappa shape index (κ2) is 37.5. The molecule has 0 fully saturated rings. The number of esters is 1. The first-order chi connectivity index (χ1) is 30.7. The Labute approximate surface area is 390 Å². The van der Waals surface area contributed by atoms with Crippen LogP contribution in [0.4, 0.5) is 5.00 Å². The lowest BCUT2D eigenvalue weighted by molar-refractivity contribution is -0.150. The Kier molecular flexibility index (Phi) is 33.6. The summed E-state index contributed by atoms with van der Waals surface area (Å²) in [7, 11) is 3.94. The molecule has 0 atom stereocenters. The van der Waals surface area contributed by atoms with Gasteiger partial charge in [-0.05, 0) is 96.7 Å². The molecule has 1 aliphatic heterocycles. The number of anilines is 1. The number of rotatable bonds is 40. The fraction of sp³-hybridized carbons (Fsp3) is 0.811. The molecule has 2 rings (SSSR count). The molecule has 0 aromatic carbocycles. The molecular formula is C53H94N4O5S. The van der Waals surface area contributed by atoms with Crippen LogP contribution in [0.25, 0.3) is 0 Å². The molecular weight excluding hydrogens is 805 g/mol. The molecule has 0 spiro atoms. The van der Waals surface area contributed by atoms with Crippen molar-refractivity contribution >= 4 is 40.0 Å². The van der Waals surface area contributed by atoms with Crippen LogP contribution in [0.15, 0.2) is 12.2 Å². The van der Waals surface area contributed by atoms with Gasteiger partial charge >= 0.3 is 5.97 Å². The molecule has 9 nitrogen and oxygen atoms in total. The average Bonchev–Trinajstić information content (AvgIpc) is 3.62. The number of hydrogen-bond acceptors (Lipinski definition) is 7. The third-order valence-corrected chi connectivity index (χ3v) is 13.6. The monoisotopic (exact) mass is 899 g/mol. The fourth-order valence-electron chi connectivity index (χ4n) is 8.49. The van der Waals surface area contributed by atoms with Gasteiger partial charge in [-0.2, -0.15) is 0 Å². The van der Waals surface area contributed by atoms with Gasteiger partial charge in [0.2, 0.25) is 11.8 Å². The summed E-state index contributed by atoms with van der Waals surface area (Å²) in [6.45, 7) is 9.00. The smallest absolute Gasteiger partial charge is 0.306 e. The lowest BCUT2D eigenvalue weighted by atomic mass is 10.0. The zero-order valence-corrected chi connectivity index (χ0v) is 42.1. The molecule has 362 valence electrons. The third-order valence-electron chi connectivity index (χ3n) is 12.5. The van der Waals surface area contributed by atoms with E-state index < -0.39 is 0 Å². The topological polar surface area (TPSA) is 108 Å². The number of ether oxygens (including phenoxy) is 1. The highest BCUT2D eigenvalue weighted by molar-refractivity contribution is 7.17. The van der Waals surface area contributed by atoms with E-state index in [1.807, 2.05) is 23.9 Å². The summed E-state index contributed by atoms with van der Waals surface area (Å²) in [5, 5.41) is 6.68. The van der Waals surface area contributed by atoms with Crippen molar-refractivity contribution in [2.24, 2.45) is 0 Å². The van der Waals surface area contributed by atoms with Gasteiger partial charge in [0.05, 0.1) is 12.1 Å². The van der Waals surface area contributed by atoms with Crippen molar-refractivity contribution in [2.75, 3.05) is 39.0 Å². The van der Waals surface area contributed by atoms with Crippen LogP contribution >= 0.6 is 11.3 Å². The molecule has 0 saturated heterocycles. The number of carbonyl (C=O) groups is 4. The third kappa shape index (κ3) is 27.4. The van der Waals surface area contributed by atoms with Crippen LogP contribution in [-0.4, -0.2) is 73.3 Å². The molecule has 2 N–H and O–H groups in total. The summed E-state index contributed by atoms with van der Waals surface area (Å²) in [5.41, 5.74) is 1.48. The first-order valence-corrected chi connectivity index (χ1v) is 27.0. The fourth-order valence-corrected chi connectivity index (χ4v) is 9.76. The minimum absolute atomic E-state index is 0.0107. The first-order valence-electron chi connectivity index (χ1n) is 26.2. The molecule has 1 aliphatic rings. The Morgan fingerprint density at radius 2 is 1.17 bits per heavy atom. The zero-order chi connectivity index (χ0) is 45.8. The lowest BCUT2D eigenvalue weighted by Crippen LogP contribution is -2.36. The maximum Gasteiger partial charge on any atom is 0.306 e. The van der Waals surface area contributed by atoms with Crippen LogP contribution in [0.3, 0.4) is 0 Å². The largest absolute Gasteiger partial charge is 0.462 e. The number of amides is 3. The molecule has 0 aliphatic carbocycles. The summed E-state index contributed by atoms with van der Waals surface area (Å²) in [4.78, 5) is 58.1. The Bertz CT molecular complexity index is 1380. The van der Waals surface area contributed by atoms with Crippen LogP contribution in [0.1, 0.15) is 247 Å². The van der Waals surface area contributed by atoms with Crippen LogP contribution < -0.4 is 10.6 Å². The van der Waals surface area contributed by atoms with Crippen LogP contribution in [0.2, 0.25) is 0 Å². The maximum atomic E-state index is 13.6. The van der Waals surface area contributed by atoms with Crippen LogP contribution in [-0.2, 0) is 32.1 Å². The van der Waals surface area contributed by atoms with E-state index in [4.69, 9.17) is 4.74 Å². The first kappa shape index (κ1) is 56.4. The molecule has 0 bridgehead atoms. The number of unbranched alkanes of at least 4 members (excludes halogenated alkanes) is 22. The Balaban J connectivity index is 1.83. The van der Waals surface area contributed by atoms with Gasteiger partial charge in [-0.25, -0.2) is 0 Å². The van der Waals surface area contributed by atoms with Gasteiger partial charge in [-0.1, -0.05) is 148 Å². The maximum absolute atomic E-state index is 13.6. The summed E-state index contributed by atoms with van der Waals surface area (Å²) < 4.78 is 6.02. The zero-order valence-electron chi connectivity index (χ0n) is 41.2. The predicted octanol–water partition coefficient (Wildman–Crippen LogP) is 13.9. The van der Waals surface area contributed by atoms with Gasteiger partial charge in [0.15, 0.2) is 0 Å². The van der Waals surface area contributed by atoms with E-state index in [1.165, 1.54) is 133 Å². The molecule has 1 aromatic heterocycles. The molecule has 3 amide bonds. The van der Waals surface area contributed by atoms with Crippen molar-refractivity contribution in [3.05, 3.63) is 28.2 Å². The van der Waals surface area contributed by atoms with Gasteiger partial charge in [0.1, 0.15) is 11.1 Å². The summed E-state index contributed by atoms with van der Waals surface area (Å²) in [6.07, 6.45) is 40.2. The van der Waals surface area contributed by atoms with E-state index in [-0.39, 0.29) is 36.2 Å². The highest BCUT2D eigenvalue weighted by atomic mass is 32.1. The number of thiophene rings is 1. The summed E-state index contributed by atoms with van der Waals surface area (Å²) in [6, 6.07) is 0. The standard InChI is InChI=1S/C53H94N4O5S/c1-6-9-12-15-18-19-20-21-22-23-24-25-26-29-32-38-49(59)57-42-40-46-47(44-57)63-53(51(46)52(61)54-41-43-56(4)5)55-48(58)37-33-34-39-50(60)62-45(35-30-27-16-13-10-7-2)36-31-28-17-14-11-8-3/h21-22,45H,6-20,23-44H2,1-5H3,(H,54,61)(H,55,58)/b22-21-. The van der Waals surface area contributed by atoms with E-state index in [1.54, 1.807) is 0 Å². The highest BCUT2D eigenvalue weighted by Gasteiger charge is 2.30. The van der Waals surface area contributed by atoms with Crippen molar-refractivity contribution in [3.63, 3.8) is 0 Å². The molecule has 0 unspecified atom stereocenters. The van der Waals surface area contributed by atoms with Crippen molar-refractivity contribution in [2.45, 2.75) is 245 Å². The number of hydrogen-bond donors (Lipinski definition) is 2. The quantitative estimate of drug-likeness (QED) is 0.0386. The number of nitrogens with one attached hydrogen (secondary N) is 2. The number of carbonyl (C=O) groups excluding carboxylic acids is 4. The number of allylic oxidation sites excluding steroid dienone is 2. The lowest BCUT2D eigenvalue weighted by Gasteiger charge is -2.27. The summed E-state index contributed by atoms with van der Waals surface area (Å²) in [5.74, 6) is -0.331. The molecule has 63 heavy (non-hydrogen) atoms. The highest BCUT2D eigenvalue weighted by Crippen LogP contribution is 2.37. The Morgan fingerprint density at radius 3 is 1.75 bits per heavy atom. The Morgan fingerprint density at radius 1 is 0.667 bits per heavy atom. The average molecular weight is 899 g/mol. The van der Waals surface area contributed by atoms with Gasteiger partial charge in [0, 0.05) is 43.8 Å². The van der Waals surface area contributed by atoms with Gasteiger partial charge in [0.25, 0.3) is 5.91 Å². The molecule has 1 aromatic rings. The summed E-state index contributed by atoms with van der Waals surface area (Å²) >= 11 is 1.43. The number of likely N-dealkylation sites (N-methyl/N-ethyl adjacent to an activating group) is 1. The van der Waals surface area contributed by atoms with Gasteiger partial charge < -0.3 is 25.2 Å². The van der Waals surface area contributed by atoms with E-state index in [0.29, 0.717) is 68.8 Å². The van der Waals surface area contributed by atoms with E-state index in [0.717, 1.165) is 61.8 Å². The van der Waals surface area contributed by atoms with Crippen molar-refractivity contribution < 1.29 is 23.9 Å². The molecule has 10 heteroatoms. The minimum Gasteiger partial charge on any atom is -0.462 e. The normalized spacial score (nSPS) is 12.7. The predicted molar refractivity (Wildman–Crippen MR) is 267 cm³/mol. The van der Waals surface area contributed by atoms with Gasteiger partial charge in [-0.3, -0.25) is 19.2 Å². The molecule has 0 saturated carbocycles. The SMILES string of the molecule is CCCCCCCC/C=C\CCCCCCCC(=O)N1CCc2c(sc(NC(=O)CCCCC(=O)OC(CCCCCCCC)CCCCCCCC)c2C(=O)NCCN(C)C)C1. The van der Waals surface area contributed by atoms with E-state index >= 15 is 0 Å².